The minimum Gasteiger partial charge on any atom is -0.490 e. The molecular formula is C30H28BrNO5. The molecule has 37 heavy (non-hydrogen) atoms. The maximum atomic E-state index is 13.9. The summed E-state index contributed by atoms with van der Waals surface area (Å²) in [6, 6.07) is 16.0. The van der Waals surface area contributed by atoms with Gasteiger partial charge in [0.1, 0.15) is 5.58 Å². The second kappa shape index (κ2) is 10.1. The average molecular weight is 562 g/mol. The quantitative estimate of drug-likeness (QED) is 0.240. The maximum absolute atomic E-state index is 13.9. The van der Waals surface area contributed by atoms with E-state index in [0.29, 0.717) is 46.9 Å². The van der Waals surface area contributed by atoms with Crippen molar-refractivity contribution >= 4 is 38.5 Å². The summed E-state index contributed by atoms with van der Waals surface area (Å²) >= 11 is 3.45. The number of rotatable bonds is 7. The van der Waals surface area contributed by atoms with Crippen molar-refractivity contribution in [1.82, 2.24) is 0 Å². The van der Waals surface area contributed by atoms with E-state index in [1.54, 1.807) is 23.1 Å². The maximum Gasteiger partial charge on any atom is 0.295 e. The van der Waals surface area contributed by atoms with Gasteiger partial charge >= 0.3 is 0 Å². The molecule has 0 saturated heterocycles. The molecule has 7 heteroatoms. The number of anilines is 1. The van der Waals surface area contributed by atoms with E-state index in [2.05, 4.69) is 15.9 Å². The van der Waals surface area contributed by atoms with E-state index in [0.717, 1.165) is 27.6 Å². The van der Waals surface area contributed by atoms with Gasteiger partial charge in [0.25, 0.3) is 5.91 Å². The fourth-order valence-electron chi connectivity index (χ4n) is 4.70. The van der Waals surface area contributed by atoms with Gasteiger partial charge in [-0.2, -0.15) is 0 Å². The predicted octanol–water partition coefficient (Wildman–Crippen LogP) is 7.11. The first kappa shape index (κ1) is 25.1. The fraction of sp³-hybridized carbons (Fsp3) is 0.267. The second-order valence-corrected chi connectivity index (χ2v) is 10.1. The van der Waals surface area contributed by atoms with Gasteiger partial charge in [0.15, 0.2) is 16.9 Å². The van der Waals surface area contributed by atoms with Crippen molar-refractivity contribution in [2.24, 2.45) is 0 Å². The Morgan fingerprint density at radius 3 is 2.46 bits per heavy atom. The summed E-state index contributed by atoms with van der Waals surface area (Å²) in [6.45, 7) is 8.99. The van der Waals surface area contributed by atoms with Crippen molar-refractivity contribution in [2.75, 3.05) is 18.1 Å². The summed E-state index contributed by atoms with van der Waals surface area (Å²) in [6.07, 6.45) is 0.863. The molecule has 0 aliphatic carbocycles. The summed E-state index contributed by atoms with van der Waals surface area (Å²) in [5.74, 6) is 0.910. The molecule has 0 saturated carbocycles. The van der Waals surface area contributed by atoms with Gasteiger partial charge in [-0.05, 0) is 86.3 Å². The Morgan fingerprint density at radius 1 is 0.919 bits per heavy atom. The summed E-state index contributed by atoms with van der Waals surface area (Å²) in [5, 5.41) is 0.417. The number of carbonyl (C=O) groups is 1. The Kier molecular flexibility index (Phi) is 6.82. The highest BCUT2D eigenvalue weighted by Gasteiger charge is 2.44. The molecule has 4 aromatic rings. The predicted molar refractivity (Wildman–Crippen MR) is 148 cm³/mol. The highest BCUT2D eigenvalue weighted by atomic mass is 79.9. The van der Waals surface area contributed by atoms with E-state index in [-0.39, 0.29) is 17.1 Å². The lowest BCUT2D eigenvalue weighted by molar-refractivity contribution is 0.0971. The zero-order chi connectivity index (χ0) is 26.3. The lowest BCUT2D eigenvalue weighted by Gasteiger charge is -2.26. The van der Waals surface area contributed by atoms with Gasteiger partial charge in [0, 0.05) is 10.2 Å². The highest BCUT2D eigenvalue weighted by molar-refractivity contribution is 9.10. The molecule has 6 nitrogen and oxygen atoms in total. The Labute approximate surface area is 223 Å². The van der Waals surface area contributed by atoms with Gasteiger partial charge in [0.2, 0.25) is 5.76 Å². The van der Waals surface area contributed by atoms with Gasteiger partial charge in [-0.1, -0.05) is 35.0 Å². The molecule has 190 valence electrons. The number of ether oxygens (including phenoxy) is 2. The van der Waals surface area contributed by atoms with Crippen LogP contribution in [0.1, 0.15) is 59.1 Å². The number of benzene rings is 3. The third kappa shape index (κ3) is 4.42. The number of hydrogen-bond donors (Lipinski definition) is 0. The monoisotopic (exact) mass is 561 g/mol. The number of hydrogen-bond acceptors (Lipinski definition) is 5. The number of nitrogens with zero attached hydrogens (tertiary/aromatic N) is 1. The van der Waals surface area contributed by atoms with E-state index in [1.165, 1.54) is 0 Å². The Bertz CT molecular complexity index is 1570. The van der Waals surface area contributed by atoms with Crippen LogP contribution in [0.5, 0.6) is 11.5 Å². The molecule has 0 bridgehead atoms. The van der Waals surface area contributed by atoms with E-state index < -0.39 is 6.04 Å². The Hall–Kier alpha value is -3.58. The zero-order valence-electron chi connectivity index (χ0n) is 21.3. The molecule has 1 amide bonds. The third-order valence-corrected chi connectivity index (χ3v) is 7.14. The van der Waals surface area contributed by atoms with Crippen LogP contribution in [-0.4, -0.2) is 19.1 Å². The number of carbonyl (C=O) groups excluding carboxylic acids is 1. The van der Waals surface area contributed by atoms with Crippen LogP contribution in [0.15, 0.2) is 68.3 Å². The smallest absolute Gasteiger partial charge is 0.295 e. The molecule has 2 heterocycles. The second-order valence-electron chi connectivity index (χ2n) is 9.15. The first-order chi connectivity index (χ1) is 17.8. The average Bonchev–Trinajstić information content (AvgIpc) is 3.18. The molecule has 0 fully saturated rings. The molecule has 0 N–H and O–H groups in total. The van der Waals surface area contributed by atoms with E-state index in [4.69, 9.17) is 13.9 Å². The van der Waals surface area contributed by atoms with Gasteiger partial charge in [-0.3, -0.25) is 14.5 Å². The van der Waals surface area contributed by atoms with Crippen LogP contribution in [-0.2, 0) is 0 Å². The topological polar surface area (TPSA) is 69.0 Å². The minimum atomic E-state index is -0.691. The largest absolute Gasteiger partial charge is 0.490 e. The Balaban J connectivity index is 1.76. The van der Waals surface area contributed by atoms with Crippen molar-refractivity contribution in [1.29, 1.82) is 0 Å². The summed E-state index contributed by atoms with van der Waals surface area (Å²) in [4.78, 5) is 29.4. The third-order valence-electron chi connectivity index (χ3n) is 6.65. The highest BCUT2D eigenvalue weighted by Crippen LogP contribution is 2.43. The lowest BCUT2D eigenvalue weighted by atomic mass is 9.97. The zero-order valence-corrected chi connectivity index (χ0v) is 22.8. The summed E-state index contributed by atoms with van der Waals surface area (Å²) in [5.41, 5.74) is 4.05. The van der Waals surface area contributed by atoms with Crippen molar-refractivity contribution in [2.45, 2.75) is 40.2 Å². The fourth-order valence-corrected chi connectivity index (χ4v) is 5.06. The number of amides is 1. The van der Waals surface area contributed by atoms with Crippen LogP contribution in [0.2, 0.25) is 0 Å². The molecule has 1 aliphatic heterocycles. The van der Waals surface area contributed by atoms with Crippen molar-refractivity contribution in [3.05, 3.63) is 97.3 Å². The van der Waals surface area contributed by atoms with Crippen LogP contribution < -0.4 is 19.8 Å². The number of fused-ring (bicyclic) bond motifs is 2. The minimum absolute atomic E-state index is 0.0623. The van der Waals surface area contributed by atoms with Crippen LogP contribution >= 0.6 is 15.9 Å². The normalized spacial score (nSPS) is 14.8. The van der Waals surface area contributed by atoms with Crippen LogP contribution in [0.25, 0.3) is 11.0 Å². The van der Waals surface area contributed by atoms with Crippen molar-refractivity contribution in [3.8, 4) is 11.5 Å². The van der Waals surface area contributed by atoms with E-state index in [9.17, 15) is 9.59 Å². The molecule has 1 atom stereocenters. The van der Waals surface area contributed by atoms with E-state index in [1.807, 2.05) is 64.1 Å². The van der Waals surface area contributed by atoms with Gasteiger partial charge in [-0.15, -0.1) is 0 Å². The van der Waals surface area contributed by atoms with Crippen LogP contribution in [0, 0.1) is 13.8 Å². The Morgan fingerprint density at radius 2 is 1.73 bits per heavy atom. The molecule has 1 aromatic heterocycles. The van der Waals surface area contributed by atoms with Crippen molar-refractivity contribution in [3.63, 3.8) is 0 Å². The van der Waals surface area contributed by atoms with Gasteiger partial charge < -0.3 is 13.9 Å². The van der Waals surface area contributed by atoms with Crippen LogP contribution in [0.4, 0.5) is 5.69 Å². The molecular weight excluding hydrogens is 534 g/mol. The van der Waals surface area contributed by atoms with Gasteiger partial charge in [0.05, 0.1) is 30.2 Å². The van der Waals surface area contributed by atoms with Gasteiger partial charge in [-0.25, -0.2) is 0 Å². The number of aryl methyl sites for hydroxylation is 2. The molecule has 0 radical (unpaired) electrons. The number of halogens is 1. The summed E-state index contributed by atoms with van der Waals surface area (Å²) < 4.78 is 18.7. The summed E-state index contributed by atoms with van der Waals surface area (Å²) in [7, 11) is 0. The van der Waals surface area contributed by atoms with Crippen LogP contribution in [0.3, 0.4) is 0 Å². The van der Waals surface area contributed by atoms with E-state index >= 15 is 0 Å². The standard InChI is InChI=1S/C30H28BrNO5/c1-5-13-36-24-11-8-19(15-25(24)35-6-2)27-26-28(33)22-16-20(31)9-12-23(22)37-29(26)30(34)32(27)21-10-7-17(3)18(4)14-21/h7-12,14-16,27H,5-6,13H2,1-4H3. The molecule has 0 spiro atoms. The first-order valence-corrected chi connectivity index (χ1v) is 13.2. The molecule has 3 aromatic carbocycles. The lowest BCUT2D eigenvalue weighted by Crippen LogP contribution is -2.29. The molecule has 1 aliphatic rings. The molecule has 5 rings (SSSR count). The first-order valence-electron chi connectivity index (χ1n) is 12.4. The van der Waals surface area contributed by atoms with Crippen molar-refractivity contribution < 1.29 is 18.7 Å². The SMILES string of the molecule is CCCOc1ccc(C2c3c(oc4ccc(Br)cc4c3=O)C(=O)N2c2ccc(C)c(C)c2)cc1OCC. The molecule has 1 unspecified atom stereocenters.